The minimum absolute atomic E-state index is 0.846. The quantitative estimate of drug-likeness (QED) is 0.641. The fraction of sp³-hybridized carbons (Fsp3) is 0.280. The topological polar surface area (TPSA) is 30.0 Å². The van der Waals surface area contributed by atoms with E-state index in [0.717, 1.165) is 33.8 Å². The van der Waals surface area contributed by atoms with Crippen LogP contribution in [0.2, 0.25) is 0 Å². The zero-order chi connectivity index (χ0) is 21.2. The van der Waals surface area contributed by atoms with Crippen molar-refractivity contribution in [3.63, 3.8) is 0 Å². The van der Waals surface area contributed by atoms with Crippen molar-refractivity contribution < 1.29 is 5.11 Å². The minimum Gasteiger partial charge on any atom is -0.378 e. The standard InChI is InChI=1S/C25H31N3O/c1-26(2)22-13-7-19(8-14-22)25(29,20-9-15-23(16-10-20)27(3)4)21-11-17-24(18-12-21)28(5)6/h7-18,29H,1-6H3. The molecule has 3 aromatic rings. The second kappa shape index (κ2) is 8.18. The Morgan fingerprint density at radius 3 is 0.828 bits per heavy atom. The fourth-order valence-electron chi connectivity index (χ4n) is 3.50. The van der Waals surface area contributed by atoms with Gasteiger partial charge in [0.05, 0.1) is 0 Å². The first-order valence-electron chi connectivity index (χ1n) is 9.79. The first-order valence-corrected chi connectivity index (χ1v) is 9.79. The van der Waals surface area contributed by atoms with Gasteiger partial charge in [-0.3, -0.25) is 0 Å². The maximum atomic E-state index is 12.1. The van der Waals surface area contributed by atoms with Crippen LogP contribution in [0.15, 0.2) is 72.8 Å². The Bertz CT molecular complexity index is 802. The molecule has 152 valence electrons. The van der Waals surface area contributed by atoms with Crippen LogP contribution in [0.3, 0.4) is 0 Å². The third-order valence-corrected chi connectivity index (χ3v) is 5.40. The van der Waals surface area contributed by atoms with Gasteiger partial charge in [0.15, 0.2) is 0 Å². The van der Waals surface area contributed by atoms with Gasteiger partial charge in [-0.05, 0) is 53.1 Å². The van der Waals surface area contributed by atoms with Crippen LogP contribution >= 0.6 is 0 Å². The number of aliphatic hydroxyl groups is 1. The van der Waals surface area contributed by atoms with Crippen LogP contribution in [0, 0.1) is 0 Å². The van der Waals surface area contributed by atoms with Gasteiger partial charge in [0.1, 0.15) is 5.60 Å². The zero-order valence-electron chi connectivity index (χ0n) is 18.2. The summed E-state index contributed by atoms with van der Waals surface area (Å²) in [5.41, 5.74) is 4.60. The highest BCUT2D eigenvalue weighted by atomic mass is 16.3. The van der Waals surface area contributed by atoms with Gasteiger partial charge in [-0.25, -0.2) is 0 Å². The Labute approximate surface area is 174 Å². The molecular formula is C25H31N3O. The predicted molar refractivity (Wildman–Crippen MR) is 124 cm³/mol. The number of anilines is 3. The van der Waals surface area contributed by atoms with Gasteiger partial charge < -0.3 is 19.8 Å². The molecule has 0 bridgehead atoms. The van der Waals surface area contributed by atoms with Crippen molar-refractivity contribution in [2.45, 2.75) is 5.60 Å². The smallest absolute Gasteiger partial charge is 0.140 e. The molecular weight excluding hydrogens is 358 g/mol. The van der Waals surface area contributed by atoms with Crippen LogP contribution in [0.25, 0.3) is 0 Å². The van der Waals surface area contributed by atoms with Crippen molar-refractivity contribution in [3.8, 4) is 0 Å². The molecule has 0 spiro atoms. The van der Waals surface area contributed by atoms with Crippen molar-refractivity contribution in [1.29, 1.82) is 0 Å². The largest absolute Gasteiger partial charge is 0.378 e. The Hall–Kier alpha value is -2.98. The summed E-state index contributed by atoms with van der Waals surface area (Å²) in [6.45, 7) is 0. The Balaban J connectivity index is 2.14. The van der Waals surface area contributed by atoms with E-state index in [9.17, 15) is 5.11 Å². The maximum absolute atomic E-state index is 12.1. The van der Waals surface area contributed by atoms with Crippen molar-refractivity contribution >= 4 is 17.1 Å². The molecule has 29 heavy (non-hydrogen) atoms. The predicted octanol–water partition coefficient (Wildman–Crippen LogP) is 4.17. The highest BCUT2D eigenvalue weighted by Crippen LogP contribution is 2.38. The van der Waals surface area contributed by atoms with Crippen LogP contribution in [-0.2, 0) is 5.60 Å². The Morgan fingerprint density at radius 2 is 0.655 bits per heavy atom. The van der Waals surface area contributed by atoms with Gasteiger partial charge in [-0.2, -0.15) is 0 Å². The van der Waals surface area contributed by atoms with Crippen LogP contribution in [0.5, 0.6) is 0 Å². The summed E-state index contributed by atoms with van der Waals surface area (Å²) in [6, 6.07) is 24.3. The molecule has 0 aromatic heterocycles. The lowest BCUT2D eigenvalue weighted by molar-refractivity contribution is 0.126. The highest BCUT2D eigenvalue weighted by molar-refractivity contribution is 5.57. The Morgan fingerprint density at radius 1 is 0.448 bits per heavy atom. The van der Waals surface area contributed by atoms with E-state index in [0.29, 0.717) is 0 Å². The van der Waals surface area contributed by atoms with Crippen LogP contribution in [0.4, 0.5) is 17.1 Å². The van der Waals surface area contributed by atoms with Crippen molar-refractivity contribution in [2.24, 2.45) is 0 Å². The van der Waals surface area contributed by atoms with Gasteiger partial charge >= 0.3 is 0 Å². The van der Waals surface area contributed by atoms with Gasteiger partial charge in [0.2, 0.25) is 0 Å². The van der Waals surface area contributed by atoms with Crippen molar-refractivity contribution in [3.05, 3.63) is 89.5 Å². The van der Waals surface area contributed by atoms with Crippen molar-refractivity contribution in [1.82, 2.24) is 0 Å². The molecule has 0 saturated carbocycles. The summed E-state index contributed by atoms with van der Waals surface area (Å²) in [4.78, 5) is 6.17. The number of nitrogens with zero attached hydrogens (tertiary/aromatic N) is 3. The average molecular weight is 390 g/mol. The molecule has 4 heteroatoms. The van der Waals surface area contributed by atoms with E-state index in [2.05, 4.69) is 14.7 Å². The van der Waals surface area contributed by atoms with E-state index < -0.39 is 5.60 Å². The number of hydrogen-bond acceptors (Lipinski definition) is 4. The summed E-state index contributed by atoms with van der Waals surface area (Å²) >= 11 is 0. The molecule has 0 aliphatic carbocycles. The summed E-state index contributed by atoms with van der Waals surface area (Å²) in [5, 5.41) is 12.1. The summed E-state index contributed by atoms with van der Waals surface area (Å²) < 4.78 is 0. The fourth-order valence-corrected chi connectivity index (χ4v) is 3.50. The van der Waals surface area contributed by atoms with Crippen LogP contribution < -0.4 is 14.7 Å². The molecule has 0 amide bonds. The third kappa shape index (κ3) is 4.08. The average Bonchev–Trinajstić information content (AvgIpc) is 2.73. The molecule has 0 atom stereocenters. The molecule has 3 rings (SSSR count). The van der Waals surface area contributed by atoms with Crippen LogP contribution in [0.1, 0.15) is 16.7 Å². The second-order valence-electron chi connectivity index (χ2n) is 8.03. The number of hydrogen-bond donors (Lipinski definition) is 1. The molecule has 0 saturated heterocycles. The van der Waals surface area contributed by atoms with Gasteiger partial charge in [0, 0.05) is 59.3 Å². The molecule has 0 radical (unpaired) electrons. The van der Waals surface area contributed by atoms with E-state index in [-0.39, 0.29) is 0 Å². The Kier molecular flexibility index (Phi) is 5.85. The molecule has 0 heterocycles. The number of benzene rings is 3. The van der Waals surface area contributed by atoms with E-state index in [4.69, 9.17) is 0 Å². The van der Waals surface area contributed by atoms with Crippen molar-refractivity contribution in [2.75, 3.05) is 57.0 Å². The van der Waals surface area contributed by atoms with E-state index >= 15 is 0 Å². The first kappa shape index (κ1) is 20.7. The zero-order valence-corrected chi connectivity index (χ0v) is 18.2. The van der Waals surface area contributed by atoms with Crippen LogP contribution in [-0.4, -0.2) is 47.4 Å². The highest BCUT2D eigenvalue weighted by Gasteiger charge is 2.34. The molecule has 0 aliphatic rings. The lowest BCUT2D eigenvalue weighted by Gasteiger charge is -2.31. The molecule has 0 unspecified atom stereocenters. The van der Waals surface area contributed by atoms with Gasteiger partial charge in [-0.15, -0.1) is 0 Å². The first-order chi connectivity index (χ1) is 13.7. The maximum Gasteiger partial charge on any atom is 0.140 e. The molecule has 4 nitrogen and oxygen atoms in total. The summed E-state index contributed by atoms with van der Waals surface area (Å²) in [6.07, 6.45) is 0. The molecule has 1 N–H and O–H groups in total. The van der Waals surface area contributed by atoms with Gasteiger partial charge in [0.25, 0.3) is 0 Å². The van der Waals surface area contributed by atoms with Gasteiger partial charge in [-0.1, -0.05) is 36.4 Å². The lowest BCUT2D eigenvalue weighted by Crippen LogP contribution is -2.29. The van der Waals surface area contributed by atoms with E-state index in [1.807, 2.05) is 115 Å². The second-order valence-corrected chi connectivity index (χ2v) is 8.03. The SMILES string of the molecule is CN(C)c1ccc(C(O)(c2ccc(N(C)C)cc2)c2ccc(N(C)C)cc2)cc1. The summed E-state index contributed by atoms with van der Waals surface area (Å²) in [5.74, 6) is 0. The third-order valence-electron chi connectivity index (χ3n) is 5.40. The number of rotatable bonds is 6. The van der Waals surface area contributed by atoms with E-state index in [1.54, 1.807) is 0 Å². The normalized spacial score (nSPS) is 11.3. The minimum atomic E-state index is -1.24. The van der Waals surface area contributed by atoms with E-state index in [1.165, 1.54) is 0 Å². The molecule has 0 aliphatic heterocycles. The molecule has 3 aromatic carbocycles. The lowest BCUT2D eigenvalue weighted by atomic mass is 9.80. The molecule has 0 fully saturated rings. The monoisotopic (exact) mass is 389 g/mol. The summed E-state index contributed by atoms with van der Waals surface area (Å²) in [7, 11) is 12.1.